The van der Waals surface area contributed by atoms with E-state index in [2.05, 4.69) is 9.47 Å². The van der Waals surface area contributed by atoms with Gasteiger partial charge in [-0.2, -0.15) is 0 Å². The van der Waals surface area contributed by atoms with Crippen LogP contribution in [0.2, 0.25) is 0 Å². The highest BCUT2D eigenvalue weighted by atomic mass is 16.5. The lowest BCUT2D eigenvalue weighted by Gasteiger charge is -2.10. The Hall–Kier alpha value is -1.39. The first kappa shape index (κ1) is 13.6. The summed E-state index contributed by atoms with van der Waals surface area (Å²) in [7, 11) is 1.21. The van der Waals surface area contributed by atoms with Crippen LogP contribution in [0.15, 0.2) is 0 Å². The maximum atomic E-state index is 11.1. The predicted molar refractivity (Wildman–Crippen MR) is 52.1 cm³/mol. The second kappa shape index (κ2) is 6.98. The fourth-order valence-corrected chi connectivity index (χ4v) is 1.12. The zero-order valence-corrected chi connectivity index (χ0v) is 9.24. The number of hydrogen-bond donors (Lipinski definition) is 0. The first-order chi connectivity index (χ1) is 7.02. The fourth-order valence-electron chi connectivity index (χ4n) is 1.12. The number of ketones is 1. The molecule has 86 valence electrons. The lowest BCUT2D eigenvalue weighted by molar-refractivity contribution is -0.150. The smallest absolute Gasteiger partial charge is 0.316 e. The Balaban J connectivity index is 4.13. The zero-order chi connectivity index (χ0) is 11.8. The van der Waals surface area contributed by atoms with Crippen LogP contribution in [0.5, 0.6) is 0 Å². The van der Waals surface area contributed by atoms with Crippen molar-refractivity contribution in [1.29, 1.82) is 0 Å². The number of carbonyl (C=O) groups excluding carboxylic acids is 3. The number of carbonyl (C=O) groups is 3. The van der Waals surface area contributed by atoms with Crippen LogP contribution in [-0.4, -0.2) is 31.4 Å². The lowest BCUT2D eigenvalue weighted by atomic mass is 9.99. The van der Waals surface area contributed by atoms with Crippen molar-refractivity contribution in [3.63, 3.8) is 0 Å². The predicted octanol–water partition coefficient (Wildman–Crippen LogP) is 0.708. The number of methoxy groups -OCH3 is 1. The van der Waals surface area contributed by atoms with Crippen molar-refractivity contribution in [2.75, 3.05) is 13.7 Å². The first-order valence-electron chi connectivity index (χ1n) is 4.76. The molecule has 15 heavy (non-hydrogen) atoms. The van der Waals surface area contributed by atoms with Gasteiger partial charge in [-0.05, 0) is 20.3 Å². The van der Waals surface area contributed by atoms with Crippen LogP contribution < -0.4 is 0 Å². The van der Waals surface area contributed by atoms with Gasteiger partial charge >= 0.3 is 11.9 Å². The van der Waals surface area contributed by atoms with Crippen molar-refractivity contribution in [3.8, 4) is 0 Å². The summed E-state index contributed by atoms with van der Waals surface area (Å²) in [5.41, 5.74) is 0. The Bertz CT molecular complexity index is 246. The summed E-state index contributed by atoms with van der Waals surface area (Å²) in [5.74, 6) is -2.18. The van der Waals surface area contributed by atoms with Gasteiger partial charge in [0.25, 0.3) is 0 Å². The van der Waals surface area contributed by atoms with Gasteiger partial charge in [-0.25, -0.2) is 0 Å². The lowest BCUT2D eigenvalue weighted by Crippen LogP contribution is -2.24. The minimum Gasteiger partial charge on any atom is -0.468 e. The second-order valence-corrected chi connectivity index (χ2v) is 3.03. The van der Waals surface area contributed by atoms with Crippen molar-refractivity contribution in [3.05, 3.63) is 0 Å². The van der Waals surface area contributed by atoms with Gasteiger partial charge < -0.3 is 9.47 Å². The van der Waals surface area contributed by atoms with Crippen LogP contribution in [0, 0.1) is 5.92 Å². The van der Waals surface area contributed by atoms with Crippen LogP contribution in [0.3, 0.4) is 0 Å². The Kier molecular flexibility index (Phi) is 6.33. The molecule has 0 saturated carbocycles. The third-order valence-electron chi connectivity index (χ3n) is 1.92. The van der Waals surface area contributed by atoms with E-state index in [0.717, 1.165) is 0 Å². The Morgan fingerprint density at radius 1 is 1.27 bits per heavy atom. The Morgan fingerprint density at radius 2 is 1.87 bits per heavy atom. The van der Waals surface area contributed by atoms with Crippen molar-refractivity contribution in [1.82, 2.24) is 0 Å². The number of hydrogen-bond acceptors (Lipinski definition) is 5. The van der Waals surface area contributed by atoms with Crippen molar-refractivity contribution in [2.45, 2.75) is 26.7 Å². The molecule has 1 unspecified atom stereocenters. The molecule has 5 heteroatoms. The minimum absolute atomic E-state index is 0.0488. The van der Waals surface area contributed by atoms with Gasteiger partial charge in [0, 0.05) is 6.42 Å². The third kappa shape index (κ3) is 5.15. The summed E-state index contributed by atoms with van der Waals surface area (Å²) in [6.07, 6.45) is 0.189. The van der Waals surface area contributed by atoms with E-state index >= 15 is 0 Å². The highest BCUT2D eigenvalue weighted by Gasteiger charge is 2.24. The van der Waals surface area contributed by atoms with Crippen LogP contribution in [-0.2, 0) is 23.9 Å². The van der Waals surface area contributed by atoms with Gasteiger partial charge in [-0.3, -0.25) is 14.4 Å². The highest BCUT2D eigenvalue weighted by molar-refractivity contribution is 5.97. The maximum absolute atomic E-state index is 11.1. The van der Waals surface area contributed by atoms with Crippen LogP contribution >= 0.6 is 0 Å². The van der Waals surface area contributed by atoms with E-state index in [9.17, 15) is 14.4 Å². The van der Waals surface area contributed by atoms with E-state index in [1.165, 1.54) is 14.0 Å². The topological polar surface area (TPSA) is 69.7 Å². The van der Waals surface area contributed by atoms with E-state index in [1.807, 2.05) is 0 Å². The minimum atomic E-state index is -0.862. The van der Waals surface area contributed by atoms with E-state index < -0.39 is 17.9 Å². The molecule has 0 aliphatic carbocycles. The van der Waals surface area contributed by atoms with E-state index in [1.54, 1.807) is 6.92 Å². The van der Waals surface area contributed by atoms with E-state index in [-0.39, 0.29) is 18.6 Å². The molecule has 0 aliphatic rings. The molecule has 0 rings (SSSR count). The third-order valence-corrected chi connectivity index (χ3v) is 1.92. The fraction of sp³-hybridized carbons (Fsp3) is 0.700. The number of rotatable bonds is 6. The molecular formula is C10H16O5. The molecule has 0 aliphatic heterocycles. The number of esters is 2. The first-order valence-corrected chi connectivity index (χ1v) is 4.76. The average Bonchev–Trinajstić information content (AvgIpc) is 2.17. The zero-order valence-electron chi connectivity index (χ0n) is 9.24. The molecule has 0 saturated heterocycles. The Morgan fingerprint density at radius 3 is 2.27 bits per heavy atom. The Labute approximate surface area is 88.7 Å². The van der Waals surface area contributed by atoms with E-state index in [4.69, 9.17) is 0 Å². The molecule has 0 spiro atoms. The van der Waals surface area contributed by atoms with E-state index in [0.29, 0.717) is 6.61 Å². The molecule has 0 aromatic rings. The number of Topliss-reactive ketones (excluding diaryl/α,β-unsaturated/α-hetero) is 1. The van der Waals surface area contributed by atoms with Gasteiger partial charge in [0.15, 0.2) is 0 Å². The van der Waals surface area contributed by atoms with Crippen molar-refractivity contribution >= 4 is 17.7 Å². The van der Waals surface area contributed by atoms with Gasteiger partial charge in [0.1, 0.15) is 11.7 Å². The summed E-state index contributed by atoms with van der Waals surface area (Å²) in [6.45, 7) is 3.29. The molecule has 0 fully saturated rings. The number of ether oxygens (including phenoxy) is 2. The molecule has 0 aromatic carbocycles. The monoisotopic (exact) mass is 216 g/mol. The SMILES string of the molecule is CCOC(=O)CCC(C(C)=O)C(=O)OC. The van der Waals surface area contributed by atoms with Crippen LogP contribution in [0.4, 0.5) is 0 Å². The molecule has 0 amide bonds. The van der Waals surface area contributed by atoms with Crippen molar-refractivity contribution in [2.24, 2.45) is 5.92 Å². The molecule has 0 heterocycles. The highest BCUT2D eigenvalue weighted by Crippen LogP contribution is 2.10. The summed E-state index contributed by atoms with van der Waals surface area (Å²) in [4.78, 5) is 33.2. The standard InChI is InChI=1S/C10H16O5/c1-4-15-9(12)6-5-8(7(2)11)10(13)14-3/h8H,4-6H2,1-3H3. The molecule has 1 atom stereocenters. The maximum Gasteiger partial charge on any atom is 0.316 e. The van der Waals surface area contributed by atoms with Gasteiger partial charge in [0.2, 0.25) is 0 Å². The molecule has 0 radical (unpaired) electrons. The summed E-state index contributed by atoms with van der Waals surface area (Å²) in [6, 6.07) is 0. The normalized spacial score (nSPS) is 11.7. The molecule has 5 nitrogen and oxygen atoms in total. The molecule has 0 N–H and O–H groups in total. The summed E-state index contributed by atoms with van der Waals surface area (Å²) < 4.78 is 9.14. The van der Waals surface area contributed by atoms with Gasteiger partial charge in [0.05, 0.1) is 13.7 Å². The summed E-state index contributed by atoms with van der Waals surface area (Å²) >= 11 is 0. The quantitative estimate of drug-likeness (QED) is 0.483. The second-order valence-electron chi connectivity index (χ2n) is 3.03. The average molecular weight is 216 g/mol. The van der Waals surface area contributed by atoms with Gasteiger partial charge in [-0.15, -0.1) is 0 Å². The molecular weight excluding hydrogens is 200 g/mol. The van der Waals surface area contributed by atoms with Crippen molar-refractivity contribution < 1.29 is 23.9 Å². The summed E-state index contributed by atoms with van der Waals surface area (Å²) in [5, 5.41) is 0. The van der Waals surface area contributed by atoms with Crippen LogP contribution in [0.25, 0.3) is 0 Å². The molecule has 0 bridgehead atoms. The van der Waals surface area contributed by atoms with Gasteiger partial charge in [-0.1, -0.05) is 0 Å². The van der Waals surface area contributed by atoms with Crippen LogP contribution in [0.1, 0.15) is 26.7 Å². The molecule has 0 aromatic heterocycles. The largest absolute Gasteiger partial charge is 0.468 e.